The summed E-state index contributed by atoms with van der Waals surface area (Å²) in [7, 11) is 0. The van der Waals surface area contributed by atoms with Crippen molar-refractivity contribution in [3.8, 4) is 0 Å². The quantitative estimate of drug-likeness (QED) is 0.589. The van der Waals surface area contributed by atoms with Crippen molar-refractivity contribution in [1.29, 1.82) is 0 Å². The van der Waals surface area contributed by atoms with Crippen molar-refractivity contribution in [2.45, 2.75) is 58.0 Å². The van der Waals surface area contributed by atoms with Crippen molar-refractivity contribution in [1.82, 2.24) is 0 Å². The minimum Gasteiger partial charge on any atom is -0.390 e. The standard InChI is InChI=1S/C11H20O/c1-9-6-10(2)4-3-5-11(12,7-9)8-10/h9,12H,3-8H2,1-2H3/t9-,10+,11+/m1/s1. The van der Waals surface area contributed by atoms with Crippen molar-refractivity contribution in [2.24, 2.45) is 11.3 Å². The summed E-state index contributed by atoms with van der Waals surface area (Å²) in [6.07, 6.45) is 7.05. The van der Waals surface area contributed by atoms with Gasteiger partial charge in [-0.2, -0.15) is 0 Å². The lowest BCUT2D eigenvalue weighted by Gasteiger charge is -2.50. The summed E-state index contributed by atoms with van der Waals surface area (Å²) < 4.78 is 0. The summed E-state index contributed by atoms with van der Waals surface area (Å²) in [6.45, 7) is 4.64. The number of fused-ring (bicyclic) bond motifs is 2. The second-order valence-electron chi connectivity index (χ2n) is 5.58. The zero-order valence-electron chi connectivity index (χ0n) is 8.27. The first-order chi connectivity index (χ1) is 5.52. The fourth-order valence-corrected chi connectivity index (χ4v) is 3.73. The van der Waals surface area contributed by atoms with E-state index >= 15 is 0 Å². The molecule has 2 aliphatic carbocycles. The van der Waals surface area contributed by atoms with Crippen molar-refractivity contribution in [2.75, 3.05) is 0 Å². The lowest BCUT2D eigenvalue weighted by Crippen LogP contribution is -2.46. The van der Waals surface area contributed by atoms with Crippen molar-refractivity contribution >= 4 is 0 Å². The first kappa shape index (κ1) is 8.55. The SMILES string of the molecule is C[C@@H]1C[C@]2(C)CCC[C@](O)(C1)C2. The van der Waals surface area contributed by atoms with Gasteiger partial charge in [0, 0.05) is 0 Å². The topological polar surface area (TPSA) is 20.2 Å². The average Bonchev–Trinajstić information content (AvgIpc) is 1.79. The molecule has 0 unspecified atom stereocenters. The lowest BCUT2D eigenvalue weighted by molar-refractivity contribution is -0.0972. The Morgan fingerprint density at radius 2 is 2.00 bits per heavy atom. The molecule has 0 radical (unpaired) electrons. The summed E-state index contributed by atoms with van der Waals surface area (Å²) in [4.78, 5) is 0. The Morgan fingerprint density at radius 3 is 2.67 bits per heavy atom. The predicted molar refractivity (Wildman–Crippen MR) is 49.9 cm³/mol. The molecule has 0 amide bonds. The van der Waals surface area contributed by atoms with Gasteiger partial charge >= 0.3 is 0 Å². The van der Waals surface area contributed by atoms with E-state index < -0.39 is 0 Å². The van der Waals surface area contributed by atoms with Gasteiger partial charge in [0.05, 0.1) is 5.60 Å². The van der Waals surface area contributed by atoms with Crippen LogP contribution in [0.15, 0.2) is 0 Å². The highest BCUT2D eigenvalue weighted by Crippen LogP contribution is 2.52. The van der Waals surface area contributed by atoms with E-state index in [9.17, 15) is 5.11 Å². The molecule has 0 aromatic rings. The molecule has 0 heterocycles. The molecule has 2 saturated carbocycles. The molecular weight excluding hydrogens is 148 g/mol. The van der Waals surface area contributed by atoms with Crippen LogP contribution in [0.4, 0.5) is 0 Å². The van der Waals surface area contributed by atoms with Crippen LogP contribution >= 0.6 is 0 Å². The van der Waals surface area contributed by atoms with Crippen molar-refractivity contribution in [3.05, 3.63) is 0 Å². The number of aliphatic hydroxyl groups is 1. The molecule has 2 bridgehead atoms. The number of hydrogen-bond acceptors (Lipinski definition) is 1. The van der Waals surface area contributed by atoms with Gasteiger partial charge in [0.2, 0.25) is 0 Å². The molecular formula is C11H20O. The summed E-state index contributed by atoms with van der Waals surface area (Å²) in [5.74, 6) is 0.731. The van der Waals surface area contributed by atoms with Gasteiger partial charge in [-0.25, -0.2) is 0 Å². The maximum Gasteiger partial charge on any atom is 0.0655 e. The van der Waals surface area contributed by atoms with Crippen LogP contribution in [0.5, 0.6) is 0 Å². The Morgan fingerprint density at radius 1 is 1.25 bits per heavy atom. The molecule has 0 aliphatic heterocycles. The summed E-state index contributed by atoms with van der Waals surface area (Å²) in [5.41, 5.74) is 0.176. The van der Waals surface area contributed by atoms with E-state index in [0.29, 0.717) is 5.41 Å². The highest BCUT2D eigenvalue weighted by atomic mass is 16.3. The molecule has 1 nitrogen and oxygen atoms in total. The Labute approximate surface area is 75.2 Å². The van der Waals surface area contributed by atoms with E-state index in [0.717, 1.165) is 25.2 Å². The van der Waals surface area contributed by atoms with E-state index in [4.69, 9.17) is 0 Å². The average molecular weight is 168 g/mol. The smallest absolute Gasteiger partial charge is 0.0655 e. The van der Waals surface area contributed by atoms with Crippen LogP contribution in [0.1, 0.15) is 52.4 Å². The third kappa shape index (κ3) is 1.39. The summed E-state index contributed by atoms with van der Waals surface area (Å²) >= 11 is 0. The van der Waals surface area contributed by atoms with E-state index in [-0.39, 0.29) is 5.60 Å². The van der Waals surface area contributed by atoms with Gasteiger partial charge in [0.1, 0.15) is 0 Å². The van der Waals surface area contributed by atoms with Gasteiger partial charge in [-0.1, -0.05) is 20.3 Å². The van der Waals surface area contributed by atoms with E-state index in [2.05, 4.69) is 13.8 Å². The molecule has 0 spiro atoms. The molecule has 2 aliphatic rings. The van der Waals surface area contributed by atoms with E-state index in [1.165, 1.54) is 19.3 Å². The van der Waals surface area contributed by atoms with Crippen LogP contribution in [0.25, 0.3) is 0 Å². The molecule has 0 saturated heterocycles. The molecule has 12 heavy (non-hydrogen) atoms. The second-order valence-corrected chi connectivity index (χ2v) is 5.58. The Bertz CT molecular complexity index is 171. The molecule has 0 aromatic carbocycles. The maximum absolute atomic E-state index is 10.2. The van der Waals surface area contributed by atoms with Gasteiger partial charge in [-0.05, 0) is 43.4 Å². The largest absolute Gasteiger partial charge is 0.390 e. The normalized spacial score (nSPS) is 53.8. The Balaban J connectivity index is 2.19. The zero-order chi connectivity index (χ0) is 8.82. The number of hydrogen-bond donors (Lipinski definition) is 1. The van der Waals surface area contributed by atoms with Crippen LogP contribution in [0.2, 0.25) is 0 Å². The van der Waals surface area contributed by atoms with Gasteiger partial charge in [0.15, 0.2) is 0 Å². The fourth-order valence-electron chi connectivity index (χ4n) is 3.73. The molecule has 1 N–H and O–H groups in total. The summed E-state index contributed by atoms with van der Waals surface area (Å²) in [5, 5.41) is 10.2. The molecule has 0 aromatic heterocycles. The first-order valence-corrected chi connectivity index (χ1v) is 5.24. The van der Waals surface area contributed by atoms with E-state index in [1.54, 1.807) is 0 Å². The van der Waals surface area contributed by atoms with Gasteiger partial charge in [-0.3, -0.25) is 0 Å². The van der Waals surface area contributed by atoms with Crippen molar-refractivity contribution < 1.29 is 5.11 Å². The molecule has 2 rings (SSSR count). The van der Waals surface area contributed by atoms with Crippen LogP contribution in [-0.2, 0) is 0 Å². The molecule has 3 atom stereocenters. The van der Waals surface area contributed by atoms with Gasteiger partial charge in [-0.15, -0.1) is 0 Å². The van der Waals surface area contributed by atoms with Crippen molar-refractivity contribution in [3.63, 3.8) is 0 Å². The predicted octanol–water partition coefficient (Wildman–Crippen LogP) is 2.73. The Kier molecular flexibility index (Phi) is 1.76. The molecule has 1 heteroatoms. The van der Waals surface area contributed by atoms with Gasteiger partial charge < -0.3 is 5.11 Å². The first-order valence-electron chi connectivity index (χ1n) is 5.24. The molecule has 2 fully saturated rings. The molecule has 70 valence electrons. The minimum absolute atomic E-state index is 0.287. The second kappa shape index (κ2) is 2.47. The highest BCUT2D eigenvalue weighted by Gasteiger charge is 2.46. The van der Waals surface area contributed by atoms with Gasteiger partial charge in [0.25, 0.3) is 0 Å². The van der Waals surface area contributed by atoms with Crippen LogP contribution in [-0.4, -0.2) is 10.7 Å². The van der Waals surface area contributed by atoms with Crippen LogP contribution in [0, 0.1) is 11.3 Å². The summed E-state index contributed by atoms with van der Waals surface area (Å²) in [6, 6.07) is 0. The fraction of sp³-hybridized carbons (Fsp3) is 1.00. The van der Waals surface area contributed by atoms with Crippen LogP contribution in [0.3, 0.4) is 0 Å². The lowest BCUT2D eigenvalue weighted by atomic mass is 9.58. The number of rotatable bonds is 0. The van der Waals surface area contributed by atoms with Crippen LogP contribution < -0.4 is 0 Å². The zero-order valence-corrected chi connectivity index (χ0v) is 8.27. The highest BCUT2D eigenvalue weighted by molar-refractivity contribution is 4.98. The maximum atomic E-state index is 10.2. The minimum atomic E-state index is -0.287. The third-order valence-corrected chi connectivity index (χ3v) is 3.75. The third-order valence-electron chi connectivity index (χ3n) is 3.75. The van der Waals surface area contributed by atoms with E-state index in [1.807, 2.05) is 0 Å². The monoisotopic (exact) mass is 168 g/mol. The Hall–Kier alpha value is -0.0400.